The number of amides is 1. The average molecular weight is 358 g/mol. The van der Waals surface area contributed by atoms with E-state index in [9.17, 15) is 14.0 Å². The van der Waals surface area contributed by atoms with E-state index in [1.807, 2.05) is 11.8 Å². The first-order valence-electron chi connectivity index (χ1n) is 9.54. The molecule has 26 heavy (non-hydrogen) atoms. The van der Waals surface area contributed by atoms with Crippen LogP contribution in [0.1, 0.15) is 40.0 Å². The van der Waals surface area contributed by atoms with Gasteiger partial charge in [0.25, 0.3) is 0 Å². The Labute approximate surface area is 154 Å². The molecule has 3 fully saturated rings. The minimum atomic E-state index is -0.531. The molecule has 1 heterocycles. The van der Waals surface area contributed by atoms with Crippen molar-refractivity contribution >= 4 is 17.4 Å². The number of Topliss-reactive ketones (excluding diaryl/α,β-unsaturated/α-hetero) is 1. The van der Waals surface area contributed by atoms with E-state index >= 15 is 0 Å². The molecule has 3 aliphatic rings. The monoisotopic (exact) mass is 358 g/mol. The molecule has 1 amide bonds. The Kier molecular flexibility index (Phi) is 3.73. The molecule has 140 valence electrons. The van der Waals surface area contributed by atoms with Crippen molar-refractivity contribution < 1.29 is 14.0 Å². The van der Waals surface area contributed by atoms with E-state index in [0.29, 0.717) is 19.5 Å². The Hall–Kier alpha value is -1.91. The summed E-state index contributed by atoms with van der Waals surface area (Å²) < 4.78 is 13.1. The van der Waals surface area contributed by atoms with Crippen molar-refractivity contribution in [3.63, 3.8) is 0 Å². The molecule has 1 aromatic carbocycles. The summed E-state index contributed by atoms with van der Waals surface area (Å²) in [5, 5.41) is 0. The Morgan fingerprint density at radius 2 is 1.62 bits per heavy atom. The van der Waals surface area contributed by atoms with E-state index < -0.39 is 5.41 Å². The molecule has 5 heteroatoms. The molecule has 1 aliphatic heterocycles. The zero-order valence-electron chi connectivity index (χ0n) is 15.8. The minimum absolute atomic E-state index is 0.163. The highest BCUT2D eigenvalue weighted by molar-refractivity contribution is 5.99. The van der Waals surface area contributed by atoms with Crippen LogP contribution in [-0.4, -0.2) is 42.8 Å². The summed E-state index contributed by atoms with van der Waals surface area (Å²) in [5.74, 6) is 0.182. The van der Waals surface area contributed by atoms with Crippen LogP contribution in [0.2, 0.25) is 0 Å². The number of halogens is 1. The second-order valence-corrected chi connectivity index (χ2v) is 8.89. The molecule has 0 aromatic heterocycles. The summed E-state index contributed by atoms with van der Waals surface area (Å²) in [6.45, 7) is 9.04. The molecule has 2 unspecified atom stereocenters. The highest BCUT2D eigenvalue weighted by atomic mass is 19.1. The van der Waals surface area contributed by atoms with E-state index in [-0.39, 0.29) is 28.3 Å². The number of carbonyl (C=O) groups excluding carboxylic acids is 2. The van der Waals surface area contributed by atoms with Gasteiger partial charge >= 0.3 is 0 Å². The lowest BCUT2D eigenvalue weighted by molar-refractivity contribution is -0.148. The average Bonchev–Trinajstić information content (AvgIpc) is 2.92. The molecule has 2 atom stereocenters. The fourth-order valence-electron chi connectivity index (χ4n) is 5.46. The molecule has 0 spiro atoms. The lowest BCUT2D eigenvalue weighted by atomic mass is 9.64. The van der Waals surface area contributed by atoms with Crippen LogP contribution in [0.3, 0.4) is 0 Å². The molecular formula is C21H27FN2O2. The SMILES string of the molecule is CC12CCC(C(=O)N3CCN(c4ccc(F)cc4)CC3)(CC1=O)C2(C)C. The maximum absolute atomic E-state index is 13.5. The van der Waals surface area contributed by atoms with Crippen molar-refractivity contribution in [2.45, 2.75) is 40.0 Å². The van der Waals surface area contributed by atoms with Crippen LogP contribution < -0.4 is 4.90 Å². The van der Waals surface area contributed by atoms with Crippen LogP contribution >= 0.6 is 0 Å². The van der Waals surface area contributed by atoms with Crippen LogP contribution in [0.15, 0.2) is 24.3 Å². The smallest absolute Gasteiger partial charge is 0.229 e. The number of hydrogen-bond acceptors (Lipinski definition) is 3. The third-order valence-electron chi connectivity index (χ3n) is 7.87. The first-order valence-corrected chi connectivity index (χ1v) is 9.54. The van der Waals surface area contributed by atoms with Gasteiger partial charge in [0.15, 0.2) is 0 Å². The first kappa shape index (κ1) is 17.5. The fraction of sp³-hybridized carbons (Fsp3) is 0.619. The third kappa shape index (κ3) is 2.12. The van der Waals surface area contributed by atoms with Gasteiger partial charge in [-0.1, -0.05) is 20.8 Å². The number of anilines is 1. The summed E-state index contributed by atoms with van der Waals surface area (Å²) in [5.41, 5.74) is -0.195. The van der Waals surface area contributed by atoms with Crippen molar-refractivity contribution in [3.05, 3.63) is 30.1 Å². The summed E-state index contributed by atoms with van der Waals surface area (Å²) in [7, 11) is 0. The second kappa shape index (κ2) is 5.54. The number of hydrogen-bond donors (Lipinski definition) is 0. The van der Waals surface area contributed by atoms with E-state index in [1.165, 1.54) is 12.1 Å². The van der Waals surface area contributed by atoms with E-state index in [1.54, 1.807) is 12.1 Å². The van der Waals surface area contributed by atoms with Gasteiger partial charge in [0.1, 0.15) is 11.6 Å². The summed E-state index contributed by atoms with van der Waals surface area (Å²) >= 11 is 0. The lowest BCUT2D eigenvalue weighted by Crippen LogP contribution is -2.55. The van der Waals surface area contributed by atoms with Crippen molar-refractivity contribution in [1.82, 2.24) is 4.90 Å². The van der Waals surface area contributed by atoms with Crippen LogP contribution in [0.4, 0.5) is 10.1 Å². The zero-order chi connectivity index (χ0) is 18.7. The molecule has 1 aromatic rings. The quantitative estimate of drug-likeness (QED) is 0.815. The van der Waals surface area contributed by atoms with Gasteiger partial charge < -0.3 is 9.80 Å². The Balaban J connectivity index is 1.49. The number of piperazine rings is 1. The highest BCUT2D eigenvalue weighted by Crippen LogP contribution is 2.71. The predicted molar refractivity (Wildman–Crippen MR) is 98.4 cm³/mol. The first-order chi connectivity index (χ1) is 12.2. The van der Waals surface area contributed by atoms with Gasteiger partial charge in [0.05, 0.1) is 5.41 Å². The van der Waals surface area contributed by atoms with E-state index in [2.05, 4.69) is 18.7 Å². The number of benzene rings is 1. The van der Waals surface area contributed by atoms with Gasteiger partial charge in [-0.15, -0.1) is 0 Å². The number of rotatable bonds is 2. The van der Waals surface area contributed by atoms with Crippen LogP contribution in [-0.2, 0) is 9.59 Å². The molecule has 2 saturated carbocycles. The fourth-order valence-corrected chi connectivity index (χ4v) is 5.46. The summed E-state index contributed by atoms with van der Waals surface area (Å²) in [4.78, 5) is 30.2. The van der Waals surface area contributed by atoms with Gasteiger partial charge in [0, 0.05) is 43.7 Å². The molecule has 0 N–H and O–H groups in total. The number of ketones is 1. The van der Waals surface area contributed by atoms with Gasteiger partial charge in [-0.2, -0.15) is 0 Å². The summed E-state index contributed by atoms with van der Waals surface area (Å²) in [6.07, 6.45) is 2.03. The zero-order valence-corrected chi connectivity index (χ0v) is 15.8. The van der Waals surface area contributed by atoms with E-state index in [0.717, 1.165) is 31.6 Å². The molecule has 4 nitrogen and oxygen atoms in total. The van der Waals surface area contributed by atoms with E-state index in [4.69, 9.17) is 0 Å². The van der Waals surface area contributed by atoms with Crippen molar-refractivity contribution in [1.29, 1.82) is 0 Å². The maximum atomic E-state index is 13.5. The predicted octanol–water partition coefficient (Wildman–Crippen LogP) is 3.26. The highest BCUT2D eigenvalue weighted by Gasteiger charge is 2.73. The largest absolute Gasteiger partial charge is 0.368 e. The molecule has 2 bridgehead atoms. The molecule has 4 rings (SSSR count). The normalized spacial score (nSPS) is 33.0. The standard InChI is InChI=1S/C21H27FN2O2/c1-19(2)20(3)8-9-21(19,14-17(20)25)18(26)24-12-10-23(11-13-24)16-6-4-15(22)5-7-16/h4-7H,8-14H2,1-3H3. The number of carbonyl (C=O) groups is 2. The van der Waals surface area contributed by atoms with Crippen molar-refractivity contribution in [3.8, 4) is 0 Å². The van der Waals surface area contributed by atoms with Crippen LogP contribution in [0, 0.1) is 22.1 Å². The Bertz CT molecular complexity index is 752. The Morgan fingerprint density at radius 3 is 2.12 bits per heavy atom. The maximum Gasteiger partial charge on any atom is 0.229 e. The van der Waals surface area contributed by atoms with Gasteiger partial charge in [-0.3, -0.25) is 9.59 Å². The molecule has 2 aliphatic carbocycles. The molecule has 1 saturated heterocycles. The van der Waals surface area contributed by atoms with Gasteiger partial charge in [-0.25, -0.2) is 4.39 Å². The third-order valence-corrected chi connectivity index (χ3v) is 7.87. The van der Waals surface area contributed by atoms with Gasteiger partial charge in [-0.05, 0) is 42.5 Å². The van der Waals surface area contributed by atoms with Crippen molar-refractivity contribution in [2.24, 2.45) is 16.2 Å². The van der Waals surface area contributed by atoms with Gasteiger partial charge in [0.2, 0.25) is 5.91 Å². The minimum Gasteiger partial charge on any atom is -0.368 e. The molecular weight excluding hydrogens is 331 g/mol. The van der Waals surface area contributed by atoms with Crippen molar-refractivity contribution in [2.75, 3.05) is 31.1 Å². The number of nitrogens with zero attached hydrogens (tertiary/aromatic N) is 2. The van der Waals surface area contributed by atoms with Crippen LogP contribution in [0.5, 0.6) is 0 Å². The summed E-state index contributed by atoms with van der Waals surface area (Å²) in [6, 6.07) is 6.51. The topological polar surface area (TPSA) is 40.6 Å². The van der Waals surface area contributed by atoms with Crippen LogP contribution in [0.25, 0.3) is 0 Å². The second-order valence-electron chi connectivity index (χ2n) is 8.89. The molecule has 0 radical (unpaired) electrons. The Morgan fingerprint density at radius 1 is 1.00 bits per heavy atom. The lowest BCUT2D eigenvalue weighted by Gasteiger charge is -2.44. The number of fused-ring (bicyclic) bond motifs is 2.